The molecule has 0 unspecified atom stereocenters. The second-order valence-electron chi connectivity index (χ2n) is 7.84. The molecule has 10 nitrogen and oxygen atoms in total. The van der Waals surface area contributed by atoms with Gasteiger partial charge in [0.05, 0.1) is 24.3 Å². The van der Waals surface area contributed by atoms with Crippen molar-refractivity contribution in [2.45, 2.75) is 18.9 Å². The Morgan fingerprint density at radius 3 is 2.66 bits per heavy atom. The van der Waals surface area contributed by atoms with Gasteiger partial charge in [-0.2, -0.15) is 5.10 Å². The number of amides is 2. The summed E-state index contributed by atoms with van der Waals surface area (Å²) in [5, 5.41) is 6.59. The van der Waals surface area contributed by atoms with Gasteiger partial charge in [-0.15, -0.1) is 0 Å². The van der Waals surface area contributed by atoms with Crippen LogP contribution in [0.15, 0.2) is 53.6 Å². The summed E-state index contributed by atoms with van der Waals surface area (Å²) in [7, 11) is -3.83. The number of nitrogens with one attached hydrogen (secondary N) is 2. The van der Waals surface area contributed by atoms with Crippen molar-refractivity contribution in [3.05, 3.63) is 59.9 Å². The highest BCUT2D eigenvalue weighted by Crippen LogP contribution is 2.18. The number of nitrogens with zero attached hydrogens (tertiary/aromatic N) is 2. The number of hydrazone groups is 1. The number of sulfonamides is 1. The third-order valence-corrected chi connectivity index (χ3v) is 6.13. The van der Waals surface area contributed by atoms with Gasteiger partial charge >= 0.3 is 0 Å². The first kappa shape index (κ1) is 26.1. The van der Waals surface area contributed by atoms with Gasteiger partial charge in [-0.25, -0.2) is 18.2 Å². The predicted molar refractivity (Wildman–Crippen MR) is 128 cm³/mol. The largest absolute Gasteiger partial charge is 0.484 e. The van der Waals surface area contributed by atoms with Crippen LogP contribution in [0.5, 0.6) is 5.75 Å². The Balaban J connectivity index is 1.45. The lowest BCUT2D eigenvalue weighted by Gasteiger charge is -2.21. The summed E-state index contributed by atoms with van der Waals surface area (Å²) in [6.07, 6.45) is 4.29. The van der Waals surface area contributed by atoms with Gasteiger partial charge in [0.15, 0.2) is 6.61 Å². The van der Waals surface area contributed by atoms with Gasteiger partial charge in [0.25, 0.3) is 11.8 Å². The summed E-state index contributed by atoms with van der Waals surface area (Å²) in [4.78, 5) is 24.1. The van der Waals surface area contributed by atoms with Crippen molar-refractivity contribution in [2.24, 2.45) is 5.10 Å². The van der Waals surface area contributed by atoms with Crippen LogP contribution in [0.2, 0.25) is 0 Å². The number of hydrogen-bond acceptors (Lipinski definition) is 7. The van der Waals surface area contributed by atoms with Crippen molar-refractivity contribution < 1.29 is 31.9 Å². The fourth-order valence-electron chi connectivity index (χ4n) is 3.26. The second kappa shape index (κ2) is 12.3. The van der Waals surface area contributed by atoms with E-state index in [9.17, 15) is 22.4 Å². The molecule has 1 atom stereocenters. The van der Waals surface area contributed by atoms with E-state index >= 15 is 0 Å². The first-order valence-corrected chi connectivity index (χ1v) is 12.7. The maximum Gasteiger partial charge on any atom is 0.260 e. The van der Waals surface area contributed by atoms with Crippen LogP contribution in [-0.2, 0) is 24.3 Å². The molecule has 35 heavy (non-hydrogen) atoms. The average Bonchev–Trinajstić information content (AvgIpc) is 3.34. The summed E-state index contributed by atoms with van der Waals surface area (Å²) in [5.74, 6) is -1.08. The number of ether oxygens (including phenoxy) is 2. The van der Waals surface area contributed by atoms with E-state index in [4.69, 9.17) is 9.47 Å². The van der Waals surface area contributed by atoms with Crippen molar-refractivity contribution in [1.82, 2.24) is 10.7 Å². The number of hydrogen-bond donors (Lipinski definition) is 2. The van der Waals surface area contributed by atoms with Gasteiger partial charge in [0, 0.05) is 13.2 Å². The highest BCUT2D eigenvalue weighted by atomic mass is 32.2. The lowest BCUT2D eigenvalue weighted by molar-refractivity contribution is -0.123. The molecule has 1 heterocycles. The first-order chi connectivity index (χ1) is 16.7. The molecular formula is C23H27FN4O6S. The van der Waals surface area contributed by atoms with Crippen LogP contribution in [0.4, 0.5) is 10.1 Å². The summed E-state index contributed by atoms with van der Waals surface area (Å²) in [6, 6.07) is 11.6. The SMILES string of the molecule is CS(=O)(=O)N(CC(=O)N/N=C\c1ccc(OCC(=O)NC[C@H]2CCCO2)cc1)c1cccc(F)c1. The fraction of sp³-hybridized carbons (Fsp3) is 0.348. The van der Waals surface area contributed by atoms with Crippen molar-refractivity contribution in [3.63, 3.8) is 0 Å². The third kappa shape index (κ3) is 8.65. The third-order valence-electron chi connectivity index (χ3n) is 4.99. The van der Waals surface area contributed by atoms with E-state index in [2.05, 4.69) is 15.8 Å². The molecule has 0 bridgehead atoms. The topological polar surface area (TPSA) is 126 Å². The Morgan fingerprint density at radius 1 is 1.23 bits per heavy atom. The zero-order valence-electron chi connectivity index (χ0n) is 19.1. The van der Waals surface area contributed by atoms with Gasteiger partial charge < -0.3 is 14.8 Å². The molecule has 1 aliphatic heterocycles. The first-order valence-electron chi connectivity index (χ1n) is 10.9. The molecule has 188 valence electrons. The molecule has 0 radical (unpaired) electrons. The molecule has 1 fully saturated rings. The van der Waals surface area contributed by atoms with E-state index in [1.165, 1.54) is 24.4 Å². The molecule has 0 aliphatic carbocycles. The molecule has 2 aromatic rings. The number of halogens is 1. The second-order valence-corrected chi connectivity index (χ2v) is 9.75. The van der Waals surface area contributed by atoms with Gasteiger partial charge in [-0.05, 0) is 60.9 Å². The maximum atomic E-state index is 13.5. The Morgan fingerprint density at radius 2 is 2.00 bits per heavy atom. The van der Waals surface area contributed by atoms with Gasteiger partial charge in [0.1, 0.15) is 18.1 Å². The average molecular weight is 507 g/mol. The highest BCUT2D eigenvalue weighted by Gasteiger charge is 2.21. The van der Waals surface area contributed by atoms with Crippen molar-refractivity contribution >= 4 is 33.7 Å². The molecular weight excluding hydrogens is 479 g/mol. The summed E-state index contributed by atoms with van der Waals surface area (Å²) in [6.45, 7) is 0.498. The van der Waals surface area contributed by atoms with Crippen LogP contribution in [-0.4, -0.2) is 65.1 Å². The van der Waals surface area contributed by atoms with Crippen LogP contribution in [0.25, 0.3) is 0 Å². The Kier molecular flexibility index (Phi) is 9.15. The standard InChI is InChI=1S/C23H27FN4O6S/c1-35(31,32)28(19-5-2-4-18(24)12-19)15-22(29)27-26-13-17-7-9-20(10-8-17)34-16-23(30)25-14-21-6-3-11-33-21/h2,4-5,7-10,12-13,21H,3,6,11,14-16H2,1H3,(H,25,30)(H,27,29)/b26-13-/t21-/m1/s1. The van der Waals surface area contributed by atoms with E-state index in [1.807, 2.05) is 0 Å². The van der Waals surface area contributed by atoms with Crippen LogP contribution in [0.1, 0.15) is 18.4 Å². The van der Waals surface area contributed by atoms with Crippen molar-refractivity contribution in [3.8, 4) is 5.75 Å². The van der Waals surface area contributed by atoms with E-state index in [0.717, 1.165) is 36.1 Å². The summed E-state index contributed by atoms with van der Waals surface area (Å²) < 4.78 is 49.2. The lowest BCUT2D eigenvalue weighted by atomic mass is 10.2. The number of benzene rings is 2. The van der Waals surface area contributed by atoms with E-state index in [-0.39, 0.29) is 24.3 Å². The van der Waals surface area contributed by atoms with Crippen LogP contribution >= 0.6 is 0 Å². The maximum absolute atomic E-state index is 13.5. The lowest BCUT2D eigenvalue weighted by Crippen LogP contribution is -2.39. The quantitative estimate of drug-likeness (QED) is 0.351. The molecule has 0 spiro atoms. The van der Waals surface area contributed by atoms with Gasteiger partial charge in [-0.1, -0.05) is 6.07 Å². The predicted octanol–water partition coefficient (Wildman–Crippen LogP) is 1.42. The molecule has 3 rings (SSSR count). The monoisotopic (exact) mass is 506 g/mol. The molecule has 1 aliphatic rings. The molecule has 2 aromatic carbocycles. The van der Waals surface area contributed by atoms with Gasteiger partial charge in [0.2, 0.25) is 10.0 Å². The molecule has 12 heteroatoms. The normalized spacial score (nSPS) is 15.7. The van der Waals surface area contributed by atoms with Crippen LogP contribution in [0.3, 0.4) is 0 Å². The van der Waals surface area contributed by atoms with E-state index in [0.29, 0.717) is 17.9 Å². The van der Waals surface area contributed by atoms with E-state index < -0.39 is 28.3 Å². The smallest absolute Gasteiger partial charge is 0.260 e. The number of rotatable bonds is 11. The Hall–Kier alpha value is -3.51. The summed E-state index contributed by atoms with van der Waals surface area (Å²) >= 11 is 0. The molecule has 0 aromatic heterocycles. The molecule has 1 saturated heterocycles. The Labute approximate surface area is 203 Å². The van der Waals surface area contributed by atoms with Gasteiger partial charge in [-0.3, -0.25) is 13.9 Å². The minimum absolute atomic E-state index is 0.0303. The molecule has 0 saturated carbocycles. The number of anilines is 1. The number of carbonyl (C=O) groups excluding carboxylic acids is 2. The van der Waals surface area contributed by atoms with Crippen LogP contribution < -0.4 is 19.8 Å². The highest BCUT2D eigenvalue weighted by molar-refractivity contribution is 7.92. The Bertz CT molecular complexity index is 1150. The fourth-order valence-corrected chi connectivity index (χ4v) is 4.11. The minimum atomic E-state index is -3.83. The number of carbonyl (C=O) groups is 2. The summed E-state index contributed by atoms with van der Waals surface area (Å²) in [5.41, 5.74) is 2.91. The zero-order chi connectivity index (χ0) is 25.3. The van der Waals surface area contributed by atoms with E-state index in [1.54, 1.807) is 24.3 Å². The molecule has 2 N–H and O–H groups in total. The van der Waals surface area contributed by atoms with Crippen molar-refractivity contribution in [2.75, 3.05) is 36.9 Å². The minimum Gasteiger partial charge on any atom is -0.484 e. The zero-order valence-corrected chi connectivity index (χ0v) is 20.0. The van der Waals surface area contributed by atoms with Crippen molar-refractivity contribution in [1.29, 1.82) is 0 Å². The van der Waals surface area contributed by atoms with Crippen LogP contribution in [0, 0.1) is 5.82 Å². The molecule has 2 amide bonds.